The Bertz CT molecular complexity index is 233. The van der Waals surface area contributed by atoms with E-state index in [1.807, 2.05) is 19.1 Å². The summed E-state index contributed by atoms with van der Waals surface area (Å²) in [5, 5.41) is 8.75. The van der Waals surface area contributed by atoms with E-state index in [0.717, 1.165) is 11.3 Å². The van der Waals surface area contributed by atoms with Crippen molar-refractivity contribution in [2.24, 2.45) is 0 Å². The van der Waals surface area contributed by atoms with Crippen molar-refractivity contribution < 1.29 is 9.84 Å². The molecular weight excluding hydrogens is 154 g/mol. The lowest BCUT2D eigenvalue weighted by Crippen LogP contribution is -1.99. The summed E-state index contributed by atoms with van der Waals surface area (Å²) < 4.78 is 5.08. The van der Waals surface area contributed by atoms with E-state index in [4.69, 9.17) is 9.84 Å². The van der Waals surface area contributed by atoms with Crippen molar-refractivity contribution in [1.82, 2.24) is 4.98 Å². The monoisotopic (exact) mass is 167 g/mol. The topological polar surface area (TPSA) is 42.4 Å². The van der Waals surface area contributed by atoms with Crippen LogP contribution in [-0.4, -0.2) is 17.2 Å². The first-order chi connectivity index (χ1) is 5.77. The minimum absolute atomic E-state index is 0.0118. The summed E-state index contributed by atoms with van der Waals surface area (Å²) in [6.07, 6.45) is 1.67. The van der Waals surface area contributed by atoms with Crippen LogP contribution in [0.25, 0.3) is 0 Å². The number of aliphatic hydroxyl groups is 1. The van der Waals surface area contributed by atoms with E-state index < -0.39 is 0 Å². The average Bonchev–Trinajstić information content (AvgIpc) is 2.17. The highest BCUT2D eigenvalue weighted by atomic mass is 16.5. The third-order valence-corrected chi connectivity index (χ3v) is 1.80. The van der Waals surface area contributed by atoms with Crippen LogP contribution in [0.15, 0.2) is 18.3 Å². The van der Waals surface area contributed by atoms with Crippen LogP contribution in [0.4, 0.5) is 0 Å². The highest BCUT2D eigenvalue weighted by Crippen LogP contribution is 2.12. The normalized spacial score (nSPS) is 12.9. The molecule has 66 valence electrons. The number of aromatic nitrogens is 1. The van der Waals surface area contributed by atoms with Crippen molar-refractivity contribution in [2.45, 2.75) is 19.6 Å². The summed E-state index contributed by atoms with van der Waals surface area (Å²) in [4.78, 5) is 4.14. The standard InChI is InChI=1S/C9H13NO2/c1-7(12-2)9-4-3-8(6-11)5-10-9/h3-5,7,11H,6H2,1-2H3. The van der Waals surface area contributed by atoms with Gasteiger partial charge in [0, 0.05) is 13.3 Å². The van der Waals surface area contributed by atoms with Crippen molar-refractivity contribution in [2.75, 3.05) is 7.11 Å². The first kappa shape index (κ1) is 9.16. The van der Waals surface area contributed by atoms with E-state index in [-0.39, 0.29) is 12.7 Å². The number of ether oxygens (including phenoxy) is 1. The summed E-state index contributed by atoms with van der Waals surface area (Å²) in [7, 11) is 1.65. The fourth-order valence-corrected chi connectivity index (χ4v) is 0.891. The van der Waals surface area contributed by atoms with Crippen LogP contribution in [0.5, 0.6) is 0 Å². The average molecular weight is 167 g/mol. The second-order valence-corrected chi connectivity index (χ2v) is 2.63. The molecule has 0 saturated heterocycles. The Morgan fingerprint density at radius 2 is 2.33 bits per heavy atom. The van der Waals surface area contributed by atoms with E-state index in [1.165, 1.54) is 0 Å². The second kappa shape index (κ2) is 4.18. The zero-order valence-corrected chi connectivity index (χ0v) is 7.32. The number of nitrogens with zero attached hydrogens (tertiary/aromatic N) is 1. The summed E-state index contributed by atoms with van der Waals surface area (Å²) in [5.41, 5.74) is 1.71. The first-order valence-corrected chi connectivity index (χ1v) is 3.86. The van der Waals surface area contributed by atoms with Crippen LogP contribution >= 0.6 is 0 Å². The predicted octanol–water partition coefficient (Wildman–Crippen LogP) is 1.28. The molecule has 3 heteroatoms. The molecule has 0 bridgehead atoms. The molecule has 1 aromatic heterocycles. The van der Waals surface area contributed by atoms with Gasteiger partial charge in [-0.05, 0) is 18.6 Å². The van der Waals surface area contributed by atoms with Gasteiger partial charge in [0.15, 0.2) is 0 Å². The van der Waals surface area contributed by atoms with Crippen LogP contribution in [-0.2, 0) is 11.3 Å². The Kier molecular flexibility index (Phi) is 3.19. The Morgan fingerprint density at radius 3 is 2.75 bits per heavy atom. The summed E-state index contributed by atoms with van der Waals surface area (Å²) in [5.74, 6) is 0. The highest BCUT2D eigenvalue weighted by molar-refractivity contribution is 5.14. The molecule has 3 nitrogen and oxygen atoms in total. The molecule has 1 atom stereocenters. The summed E-state index contributed by atoms with van der Waals surface area (Å²) >= 11 is 0. The van der Waals surface area contributed by atoms with Gasteiger partial charge in [0.25, 0.3) is 0 Å². The zero-order valence-electron chi connectivity index (χ0n) is 7.32. The molecule has 0 aliphatic carbocycles. The van der Waals surface area contributed by atoms with Gasteiger partial charge in [0.2, 0.25) is 0 Å². The number of rotatable bonds is 3. The maximum absolute atomic E-state index is 8.75. The van der Waals surface area contributed by atoms with Gasteiger partial charge < -0.3 is 9.84 Å². The fourth-order valence-electron chi connectivity index (χ4n) is 0.891. The number of pyridine rings is 1. The first-order valence-electron chi connectivity index (χ1n) is 3.86. The van der Waals surface area contributed by atoms with Crippen LogP contribution in [0.1, 0.15) is 24.3 Å². The SMILES string of the molecule is COC(C)c1ccc(CO)cn1. The molecule has 0 aliphatic heterocycles. The van der Waals surface area contributed by atoms with Crippen LogP contribution < -0.4 is 0 Å². The molecule has 0 amide bonds. The lowest BCUT2D eigenvalue weighted by molar-refractivity contribution is 0.116. The van der Waals surface area contributed by atoms with E-state index in [9.17, 15) is 0 Å². The molecular formula is C9H13NO2. The van der Waals surface area contributed by atoms with Crippen LogP contribution in [0.2, 0.25) is 0 Å². The maximum Gasteiger partial charge on any atom is 0.0962 e. The van der Waals surface area contributed by atoms with E-state index >= 15 is 0 Å². The van der Waals surface area contributed by atoms with Gasteiger partial charge >= 0.3 is 0 Å². The quantitative estimate of drug-likeness (QED) is 0.737. The van der Waals surface area contributed by atoms with Crippen molar-refractivity contribution in [3.05, 3.63) is 29.6 Å². The maximum atomic E-state index is 8.75. The molecule has 0 fully saturated rings. The van der Waals surface area contributed by atoms with E-state index in [2.05, 4.69) is 4.98 Å². The lowest BCUT2D eigenvalue weighted by atomic mass is 10.2. The van der Waals surface area contributed by atoms with Gasteiger partial charge in [0.05, 0.1) is 18.4 Å². The molecule has 0 aliphatic rings. The molecule has 1 unspecified atom stereocenters. The zero-order chi connectivity index (χ0) is 8.97. The Morgan fingerprint density at radius 1 is 1.58 bits per heavy atom. The third kappa shape index (κ3) is 2.03. The number of hydrogen-bond acceptors (Lipinski definition) is 3. The van der Waals surface area contributed by atoms with Crippen molar-refractivity contribution in [3.63, 3.8) is 0 Å². The summed E-state index contributed by atoms with van der Waals surface area (Å²) in [6, 6.07) is 3.71. The molecule has 0 saturated carbocycles. The van der Waals surface area contributed by atoms with Gasteiger partial charge in [0.1, 0.15) is 0 Å². The second-order valence-electron chi connectivity index (χ2n) is 2.63. The Labute approximate surface area is 72.0 Å². The minimum Gasteiger partial charge on any atom is -0.392 e. The van der Waals surface area contributed by atoms with Crippen molar-refractivity contribution in [1.29, 1.82) is 0 Å². The third-order valence-electron chi connectivity index (χ3n) is 1.80. The molecule has 0 aromatic carbocycles. The molecule has 0 radical (unpaired) electrons. The molecule has 1 N–H and O–H groups in total. The smallest absolute Gasteiger partial charge is 0.0962 e. The van der Waals surface area contributed by atoms with Gasteiger partial charge in [-0.25, -0.2) is 0 Å². The highest BCUT2D eigenvalue weighted by Gasteiger charge is 2.03. The molecule has 12 heavy (non-hydrogen) atoms. The number of hydrogen-bond donors (Lipinski definition) is 1. The Balaban J connectivity index is 2.77. The fraction of sp³-hybridized carbons (Fsp3) is 0.444. The molecule has 1 heterocycles. The van der Waals surface area contributed by atoms with Gasteiger partial charge in [-0.1, -0.05) is 6.07 Å². The van der Waals surface area contributed by atoms with E-state index in [0.29, 0.717) is 0 Å². The number of aliphatic hydroxyl groups excluding tert-OH is 1. The molecule has 1 aromatic rings. The van der Waals surface area contributed by atoms with Crippen molar-refractivity contribution >= 4 is 0 Å². The molecule has 0 spiro atoms. The van der Waals surface area contributed by atoms with Gasteiger partial charge in [-0.15, -0.1) is 0 Å². The van der Waals surface area contributed by atoms with Gasteiger partial charge in [-0.2, -0.15) is 0 Å². The van der Waals surface area contributed by atoms with Gasteiger partial charge in [-0.3, -0.25) is 4.98 Å². The lowest BCUT2D eigenvalue weighted by Gasteiger charge is -2.08. The Hall–Kier alpha value is -0.930. The van der Waals surface area contributed by atoms with Crippen LogP contribution in [0, 0.1) is 0 Å². The predicted molar refractivity (Wildman–Crippen MR) is 45.6 cm³/mol. The summed E-state index contributed by atoms with van der Waals surface area (Å²) in [6.45, 7) is 1.97. The van der Waals surface area contributed by atoms with Crippen molar-refractivity contribution in [3.8, 4) is 0 Å². The van der Waals surface area contributed by atoms with Crippen LogP contribution in [0.3, 0.4) is 0 Å². The molecule has 1 rings (SSSR count). The number of methoxy groups -OCH3 is 1. The minimum atomic E-state index is 0.0118. The largest absolute Gasteiger partial charge is 0.392 e. The van der Waals surface area contributed by atoms with E-state index in [1.54, 1.807) is 13.3 Å².